The first kappa shape index (κ1) is 12.9. The number of benzene rings is 1. The van der Waals surface area contributed by atoms with Crippen LogP contribution in [0.5, 0.6) is 0 Å². The summed E-state index contributed by atoms with van der Waals surface area (Å²) in [7, 11) is 1.41. The third kappa shape index (κ3) is 1.96. The fourth-order valence-electron chi connectivity index (χ4n) is 2.26. The minimum Gasteiger partial charge on any atom is -0.380 e. The molecule has 1 saturated carbocycles. The molecule has 3 nitrogen and oxygen atoms in total. The predicted molar refractivity (Wildman–Crippen MR) is 60.7 cm³/mol. The van der Waals surface area contributed by atoms with Crippen LogP contribution in [0.15, 0.2) is 17.1 Å². The van der Waals surface area contributed by atoms with Crippen molar-refractivity contribution >= 4 is 6.08 Å². The number of rotatable bonds is 4. The molecular formula is C13H13F2NO2. The van der Waals surface area contributed by atoms with Gasteiger partial charge in [0.2, 0.25) is 6.08 Å². The summed E-state index contributed by atoms with van der Waals surface area (Å²) < 4.78 is 32.6. The zero-order valence-corrected chi connectivity index (χ0v) is 10.0. The van der Waals surface area contributed by atoms with Crippen LogP contribution in [0.2, 0.25) is 0 Å². The highest BCUT2D eigenvalue weighted by atomic mass is 19.2. The molecule has 96 valence electrons. The number of hydrogen-bond donors (Lipinski definition) is 0. The molecular weight excluding hydrogens is 240 g/mol. The van der Waals surface area contributed by atoms with Gasteiger partial charge in [-0.3, -0.25) is 0 Å². The van der Waals surface area contributed by atoms with Gasteiger partial charge in [0, 0.05) is 18.2 Å². The molecule has 0 spiro atoms. The molecule has 5 heteroatoms. The van der Waals surface area contributed by atoms with Crippen molar-refractivity contribution in [2.45, 2.75) is 31.4 Å². The van der Waals surface area contributed by atoms with Crippen molar-refractivity contribution in [2.75, 3.05) is 7.11 Å². The van der Waals surface area contributed by atoms with Crippen LogP contribution in [0, 0.1) is 11.6 Å². The van der Waals surface area contributed by atoms with E-state index in [1.165, 1.54) is 25.3 Å². The van der Waals surface area contributed by atoms with Gasteiger partial charge in [0.05, 0.1) is 6.61 Å². The second kappa shape index (κ2) is 4.96. The minimum absolute atomic E-state index is 0.00693. The van der Waals surface area contributed by atoms with Gasteiger partial charge in [0.1, 0.15) is 5.54 Å². The number of nitrogens with zero attached hydrogens (tertiary/aromatic N) is 1. The number of hydrogen-bond acceptors (Lipinski definition) is 3. The van der Waals surface area contributed by atoms with Crippen molar-refractivity contribution < 1.29 is 18.3 Å². The molecule has 0 unspecified atom stereocenters. The Balaban J connectivity index is 2.46. The van der Waals surface area contributed by atoms with Crippen LogP contribution < -0.4 is 0 Å². The van der Waals surface area contributed by atoms with Crippen LogP contribution >= 0.6 is 0 Å². The molecule has 0 atom stereocenters. The second-order valence-electron chi connectivity index (χ2n) is 4.42. The van der Waals surface area contributed by atoms with Crippen LogP contribution in [0.3, 0.4) is 0 Å². The molecule has 1 aromatic rings. The van der Waals surface area contributed by atoms with E-state index >= 15 is 0 Å². The van der Waals surface area contributed by atoms with Crippen LogP contribution in [-0.4, -0.2) is 13.2 Å². The lowest BCUT2D eigenvalue weighted by Gasteiger charge is -2.37. The number of isocyanates is 1. The molecule has 0 radical (unpaired) electrons. The van der Waals surface area contributed by atoms with Gasteiger partial charge in [-0.2, -0.15) is 4.99 Å². The Labute approximate surface area is 103 Å². The summed E-state index contributed by atoms with van der Waals surface area (Å²) in [6.07, 6.45) is 3.38. The maximum Gasteiger partial charge on any atom is 0.235 e. The van der Waals surface area contributed by atoms with Crippen molar-refractivity contribution in [3.8, 4) is 0 Å². The highest BCUT2D eigenvalue weighted by Crippen LogP contribution is 2.46. The van der Waals surface area contributed by atoms with Gasteiger partial charge in [0.15, 0.2) is 11.6 Å². The summed E-state index contributed by atoms with van der Waals surface area (Å²) >= 11 is 0. The molecule has 1 aliphatic rings. The van der Waals surface area contributed by atoms with Gasteiger partial charge in [-0.05, 0) is 19.3 Å². The molecule has 0 aliphatic heterocycles. The summed E-state index contributed by atoms with van der Waals surface area (Å²) in [5.74, 6) is -1.87. The quantitative estimate of drug-likeness (QED) is 0.611. The van der Waals surface area contributed by atoms with E-state index in [1.54, 1.807) is 0 Å². The molecule has 1 aliphatic carbocycles. The van der Waals surface area contributed by atoms with Gasteiger partial charge >= 0.3 is 0 Å². The molecule has 0 heterocycles. The molecule has 18 heavy (non-hydrogen) atoms. The smallest absolute Gasteiger partial charge is 0.235 e. The summed E-state index contributed by atoms with van der Waals surface area (Å²) in [5, 5.41) is 0. The van der Waals surface area contributed by atoms with E-state index in [0.717, 1.165) is 6.42 Å². The van der Waals surface area contributed by atoms with Crippen LogP contribution in [-0.2, 0) is 21.7 Å². The topological polar surface area (TPSA) is 38.7 Å². The normalized spacial score (nSPS) is 16.8. The Hall–Kier alpha value is -1.58. The molecule has 0 bridgehead atoms. The van der Waals surface area contributed by atoms with E-state index in [0.29, 0.717) is 12.8 Å². The molecule has 0 aromatic heterocycles. The number of carbonyl (C=O) groups excluding carboxylic acids is 1. The van der Waals surface area contributed by atoms with Crippen molar-refractivity contribution in [2.24, 2.45) is 4.99 Å². The molecule has 0 N–H and O–H groups in total. The second-order valence-corrected chi connectivity index (χ2v) is 4.42. The van der Waals surface area contributed by atoms with Crippen LogP contribution in [0.1, 0.15) is 30.4 Å². The Bertz CT molecular complexity index is 506. The first-order valence-corrected chi connectivity index (χ1v) is 5.70. The Morgan fingerprint density at radius 3 is 2.61 bits per heavy atom. The Morgan fingerprint density at radius 1 is 1.39 bits per heavy atom. The van der Waals surface area contributed by atoms with Crippen molar-refractivity contribution in [3.63, 3.8) is 0 Å². The largest absolute Gasteiger partial charge is 0.380 e. The highest BCUT2D eigenvalue weighted by molar-refractivity contribution is 5.41. The number of ether oxygens (including phenoxy) is 1. The van der Waals surface area contributed by atoms with E-state index in [4.69, 9.17) is 4.74 Å². The fraction of sp³-hybridized carbons (Fsp3) is 0.462. The Kier molecular flexibility index (Phi) is 3.55. The molecule has 1 fully saturated rings. The molecule has 2 rings (SSSR count). The number of aliphatic imine (C=N–C) groups is 1. The van der Waals surface area contributed by atoms with Gasteiger partial charge in [-0.15, -0.1) is 0 Å². The predicted octanol–water partition coefficient (Wildman–Crippen LogP) is 2.83. The third-order valence-corrected chi connectivity index (χ3v) is 3.40. The summed E-state index contributed by atoms with van der Waals surface area (Å²) in [4.78, 5) is 14.1. The van der Waals surface area contributed by atoms with E-state index in [-0.39, 0.29) is 17.7 Å². The standard InChI is InChI=1S/C13H13F2NO2/c1-18-7-9-3-4-10(12(15)11(9)14)13(16-8-17)5-2-6-13/h3-4H,2,5-7H2,1H3. The Morgan fingerprint density at radius 2 is 2.11 bits per heavy atom. The summed E-state index contributed by atoms with van der Waals surface area (Å²) in [6, 6.07) is 2.95. The lowest BCUT2D eigenvalue weighted by atomic mass is 9.72. The molecule has 0 saturated heterocycles. The summed E-state index contributed by atoms with van der Waals surface area (Å²) in [5.41, 5.74) is -0.629. The molecule has 0 amide bonds. The van der Waals surface area contributed by atoms with E-state index < -0.39 is 17.2 Å². The van der Waals surface area contributed by atoms with Gasteiger partial charge in [-0.1, -0.05) is 12.1 Å². The van der Waals surface area contributed by atoms with Gasteiger partial charge < -0.3 is 4.74 Å². The number of methoxy groups -OCH3 is 1. The monoisotopic (exact) mass is 253 g/mol. The highest BCUT2D eigenvalue weighted by Gasteiger charge is 2.41. The average molecular weight is 253 g/mol. The maximum absolute atomic E-state index is 14.0. The zero-order valence-electron chi connectivity index (χ0n) is 10.0. The van der Waals surface area contributed by atoms with E-state index in [9.17, 15) is 13.6 Å². The van der Waals surface area contributed by atoms with E-state index in [1.807, 2.05) is 0 Å². The maximum atomic E-state index is 14.0. The summed E-state index contributed by atoms with van der Waals surface area (Å²) in [6.45, 7) is 0.00693. The van der Waals surface area contributed by atoms with Gasteiger partial charge in [0.25, 0.3) is 0 Å². The third-order valence-electron chi connectivity index (χ3n) is 3.40. The zero-order chi connectivity index (χ0) is 13.2. The average Bonchev–Trinajstić information content (AvgIpc) is 2.31. The minimum atomic E-state index is -0.941. The fourth-order valence-corrected chi connectivity index (χ4v) is 2.26. The first-order chi connectivity index (χ1) is 8.64. The van der Waals surface area contributed by atoms with Crippen LogP contribution in [0.4, 0.5) is 8.78 Å². The lowest BCUT2D eigenvalue weighted by Crippen LogP contribution is -2.33. The van der Waals surface area contributed by atoms with Crippen molar-refractivity contribution in [3.05, 3.63) is 34.9 Å². The van der Waals surface area contributed by atoms with Crippen molar-refractivity contribution in [1.82, 2.24) is 0 Å². The van der Waals surface area contributed by atoms with Crippen molar-refractivity contribution in [1.29, 1.82) is 0 Å². The van der Waals surface area contributed by atoms with Gasteiger partial charge in [-0.25, -0.2) is 13.6 Å². The SMILES string of the molecule is COCc1ccc(C2(N=C=O)CCC2)c(F)c1F. The molecule has 1 aromatic carbocycles. The van der Waals surface area contributed by atoms with E-state index in [2.05, 4.69) is 4.99 Å². The lowest BCUT2D eigenvalue weighted by molar-refractivity contribution is 0.179. The van der Waals surface area contributed by atoms with Crippen LogP contribution in [0.25, 0.3) is 0 Å². The first-order valence-electron chi connectivity index (χ1n) is 5.70. The number of halogens is 2.